The van der Waals surface area contributed by atoms with Gasteiger partial charge < -0.3 is 19.1 Å². The molecular weight excluding hydrogens is 399 g/mol. The van der Waals surface area contributed by atoms with E-state index in [4.69, 9.17) is 14.2 Å². The van der Waals surface area contributed by atoms with Crippen LogP contribution in [0, 0.1) is 11.4 Å². The molecule has 0 radical (unpaired) electrons. The second-order valence-electron chi connectivity index (χ2n) is 7.88. The molecule has 3 aliphatic heterocycles. The SMILES string of the molecule is COc1nc(F)c(C2CCO2)c2sc(NC(=O)N3CCC4(CCOCC4)C3)nc12. The predicted molar refractivity (Wildman–Crippen MR) is 105 cm³/mol. The summed E-state index contributed by atoms with van der Waals surface area (Å²) in [6, 6.07) is -0.179. The molecule has 8 nitrogen and oxygen atoms in total. The van der Waals surface area contributed by atoms with Crippen molar-refractivity contribution in [3.8, 4) is 5.88 Å². The molecule has 156 valence electrons. The Morgan fingerprint density at radius 2 is 2.10 bits per heavy atom. The molecule has 0 bridgehead atoms. The zero-order chi connectivity index (χ0) is 20.0. The molecule has 0 aromatic carbocycles. The van der Waals surface area contributed by atoms with Crippen molar-refractivity contribution in [2.75, 3.05) is 45.3 Å². The number of rotatable bonds is 3. The molecule has 29 heavy (non-hydrogen) atoms. The van der Waals surface area contributed by atoms with Gasteiger partial charge in [-0.3, -0.25) is 5.32 Å². The van der Waals surface area contributed by atoms with Crippen molar-refractivity contribution in [3.63, 3.8) is 0 Å². The van der Waals surface area contributed by atoms with Crippen molar-refractivity contribution < 1.29 is 23.4 Å². The molecular formula is C19H23FN4O4S. The first kappa shape index (κ1) is 19.0. The Morgan fingerprint density at radius 1 is 1.31 bits per heavy atom. The lowest BCUT2D eigenvalue weighted by molar-refractivity contribution is -0.0539. The average molecular weight is 422 g/mol. The monoisotopic (exact) mass is 422 g/mol. The van der Waals surface area contributed by atoms with Crippen LogP contribution in [0.4, 0.5) is 14.3 Å². The van der Waals surface area contributed by atoms with Crippen LogP contribution in [0.3, 0.4) is 0 Å². The Morgan fingerprint density at radius 3 is 2.79 bits per heavy atom. The Balaban J connectivity index is 1.38. The summed E-state index contributed by atoms with van der Waals surface area (Å²) in [4.78, 5) is 23.0. The summed E-state index contributed by atoms with van der Waals surface area (Å²) < 4.78 is 31.3. The smallest absolute Gasteiger partial charge is 0.323 e. The molecule has 2 aromatic rings. The predicted octanol–water partition coefficient (Wildman–Crippen LogP) is 3.33. The maximum Gasteiger partial charge on any atom is 0.323 e. The molecule has 10 heteroatoms. The number of ether oxygens (including phenoxy) is 3. The van der Waals surface area contributed by atoms with Gasteiger partial charge in [0.25, 0.3) is 0 Å². The number of urea groups is 1. The lowest BCUT2D eigenvalue weighted by Crippen LogP contribution is -2.37. The van der Waals surface area contributed by atoms with Gasteiger partial charge in [0, 0.05) is 32.7 Å². The number of nitrogens with zero attached hydrogens (tertiary/aromatic N) is 3. The van der Waals surface area contributed by atoms with Crippen molar-refractivity contribution in [2.24, 2.45) is 5.41 Å². The van der Waals surface area contributed by atoms with E-state index in [0.717, 1.165) is 52.0 Å². The zero-order valence-corrected chi connectivity index (χ0v) is 17.0. The number of likely N-dealkylation sites (tertiary alicyclic amines) is 1. The van der Waals surface area contributed by atoms with Crippen LogP contribution in [0.2, 0.25) is 0 Å². The minimum atomic E-state index is -0.610. The number of carbonyl (C=O) groups excluding carboxylic acids is 1. The van der Waals surface area contributed by atoms with E-state index in [9.17, 15) is 9.18 Å². The van der Waals surface area contributed by atoms with Gasteiger partial charge in [0.2, 0.25) is 11.8 Å². The fourth-order valence-electron chi connectivity index (χ4n) is 4.37. The first-order valence-electron chi connectivity index (χ1n) is 9.88. The van der Waals surface area contributed by atoms with Gasteiger partial charge >= 0.3 is 6.03 Å². The van der Waals surface area contributed by atoms with E-state index in [2.05, 4.69) is 15.3 Å². The number of halogens is 1. The summed E-state index contributed by atoms with van der Waals surface area (Å²) in [7, 11) is 1.43. The summed E-state index contributed by atoms with van der Waals surface area (Å²) in [5.41, 5.74) is 1.02. The van der Waals surface area contributed by atoms with Crippen molar-refractivity contribution in [3.05, 3.63) is 11.5 Å². The van der Waals surface area contributed by atoms with Gasteiger partial charge in [0.1, 0.15) is 5.52 Å². The number of hydrogen-bond donors (Lipinski definition) is 1. The van der Waals surface area contributed by atoms with Gasteiger partial charge in [0.15, 0.2) is 5.13 Å². The minimum Gasteiger partial charge on any atom is -0.479 e. The van der Waals surface area contributed by atoms with E-state index in [1.165, 1.54) is 18.4 Å². The summed E-state index contributed by atoms with van der Waals surface area (Å²) in [6.45, 7) is 3.57. The lowest BCUT2D eigenvalue weighted by Gasteiger charge is -2.33. The van der Waals surface area contributed by atoms with Crippen LogP contribution in [-0.2, 0) is 9.47 Å². The topological polar surface area (TPSA) is 85.8 Å². The average Bonchev–Trinajstić information content (AvgIpc) is 3.27. The van der Waals surface area contributed by atoms with Crippen molar-refractivity contribution in [1.29, 1.82) is 0 Å². The highest BCUT2D eigenvalue weighted by Crippen LogP contribution is 2.43. The van der Waals surface area contributed by atoms with Crippen LogP contribution in [0.25, 0.3) is 10.2 Å². The van der Waals surface area contributed by atoms with E-state index in [1.807, 2.05) is 4.90 Å². The zero-order valence-electron chi connectivity index (χ0n) is 16.2. The molecule has 1 spiro atoms. The number of hydrogen-bond acceptors (Lipinski definition) is 7. The molecule has 1 unspecified atom stereocenters. The number of methoxy groups -OCH3 is 1. The lowest BCUT2D eigenvalue weighted by atomic mass is 9.80. The van der Waals surface area contributed by atoms with Gasteiger partial charge in [-0.05, 0) is 24.7 Å². The molecule has 5 rings (SSSR count). The minimum absolute atomic E-state index is 0.111. The normalized spacial score (nSPS) is 23.4. The number of carbonyl (C=O) groups is 1. The third-order valence-electron chi connectivity index (χ3n) is 6.20. The largest absolute Gasteiger partial charge is 0.479 e. The molecule has 3 saturated heterocycles. The highest BCUT2D eigenvalue weighted by Gasteiger charge is 2.41. The highest BCUT2D eigenvalue weighted by atomic mass is 32.1. The van der Waals surface area contributed by atoms with Crippen molar-refractivity contribution in [1.82, 2.24) is 14.9 Å². The van der Waals surface area contributed by atoms with E-state index in [0.29, 0.717) is 27.5 Å². The van der Waals surface area contributed by atoms with Crippen LogP contribution in [0.5, 0.6) is 5.88 Å². The molecule has 1 atom stereocenters. The summed E-state index contributed by atoms with van der Waals surface area (Å²) in [5, 5.41) is 3.29. The van der Waals surface area contributed by atoms with Gasteiger partial charge in [-0.25, -0.2) is 9.78 Å². The first-order valence-corrected chi connectivity index (χ1v) is 10.7. The molecule has 0 aliphatic carbocycles. The van der Waals surface area contributed by atoms with Crippen LogP contribution >= 0.6 is 11.3 Å². The fraction of sp³-hybridized carbons (Fsp3) is 0.632. The van der Waals surface area contributed by atoms with Gasteiger partial charge in [-0.1, -0.05) is 11.3 Å². The summed E-state index contributed by atoms with van der Waals surface area (Å²) in [6.07, 6.45) is 3.39. The summed E-state index contributed by atoms with van der Waals surface area (Å²) in [5.74, 6) is -0.499. The van der Waals surface area contributed by atoms with Crippen molar-refractivity contribution in [2.45, 2.75) is 31.8 Å². The number of aromatic nitrogens is 2. The number of thiazole rings is 1. The molecule has 5 heterocycles. The Hall–Kier alpha value is -2.04. The maximum atomic E-state index is 14.6. The molecule has 3 fully saturated rings. The molecule has 3 aliphatic rings. The fourth-order valence-corrected chi connectivity index (χ4v) is 5.40. The standard InChI is InChI=1S/C19H23FN4O4S/c1-26-16-13-14(12(15(20)22-16)11-2-7-28-11)29-17(21-13)23-18(25)24-6-3-19(10-24)4-8-27-9-5-19/h11H,2-10H2,1H3,(H,21,23,25). The third-order valence-corrected chi connectivity index (χ3v) is 7.21. The number of amides is 2. The van der Waals surface area contributed by atoms with Gasteiger partial charge in [-0.15, -0.1) is 0 Å². The van der Waals surface area contributed by atoms with E-state index < -0.39 is 5.95 Å². The number of fused-ring (bicyclic) bond motifs is 1. The second kappa shape index (κ2) is 7.33. The Labute approximate surface area is 171 Å². The van der Waals surface area contributed by atoms with Gasteiger partial charge in [0.05, 0.1) is 30.1 Å². The van der Waals surface area contributed by atoms with Gasteiger partial charge in [-0.2, -0.15) is 9.37 Å². The van der Waals surface area contributed by atoms with Crippen LogP contribution in [0.1, 0.15) is 37.4 Å². The number of nitrogens with one attached hydrogen (secondary N) is 1. The number of anilines is 1. The van der Waals surface area contributed by atoms with Crippen LogP contribution in [0.15, 0.2) is 0 Å². The Kier molecular flexibility index (Phi) is 4.79. The highest BCUT2D eigenvalue weighted by molar-refractivity contribution is 7.22. The molecule has 0 saturated carbocycles. The maximum absolute atomic E-state index is 14.6. The summed E-state index contributed by atoms with van der Waals surface area (Å²) >= 11 is 1.23. The van der Waals surface area contributed by atoms with E-state index >= 15 is 0 Å². The quantitative estimate of drug-likeness (QED) is 0.764. The third kappa shape index (κ3) is 3.32. The number of pyridine rings is 1. The van der Waals surface area contributed by atoms with E-state index in [-0.39, 0.29) is 23.4 Å². The molecule has 1 N–H and O–H groups in total. The van der Waals surface area contributed by atoms with Crippen LogP contribution < -0.4 is 10.1 Å². The van der Waals surface area contributed by atoms with Crippen LogP contribution in [-0.4, -0.2) is 60.9 Å². The molecule has 2 aromatic heterocycles. The Bertz CT molecular complexity index is 942. The van der Waals surface area contributed by atoms with Crippen molar-refractivity contribution >= 4 is 32.7 Å². The van der Waals surface area contributed by atoms with E-state index in [1.54, 1.807) is 0 Å². The molecule has 2 amide bonds. The first-order chi connectivity index (χ1) is 14.1. The second-order valence-corrected chi connectivity index (χ2v) is 8.88.